The molecule has 4 heterocycles. The topological polar surface area (TPSA) is 218 Å². The SMILES string of the molecule is COc1cc(OC(F)(F)F)ccc1Oc1cncc(F)c1C(=O)Cl.COc1cc(OC(F)(F)F)ccc1Oc1cncc(F)c1C(=O)Nc1ccc(F)c(Br)n1.COc1cc(OC(F)(F)F)ccc1Oc1cncc(F)c1C(=O)O. The minimum absolute atomic E-state index is 0.0864. The molecule has 0 saturated carbocycles. The van der Waals surface area contributed by atoms with Gasteiger partial charge in [-0.05, 0) is 76.1 Å². The fourth-order valence-electron chi connectivity index (χ4n) is 5.91. The largest absolute Gasteiger partial charge is 0.573 e. The van der Waals surface area contributed by atoms with Gasteiger partial charge in [0, 0.05) is 18.2 Å². The van der Waals surface area contributed by atoms with E-state index in [1.54, 1.807) is 0 Å². The van der Waals surface area contributed by atoms with E-state index in [1.165, 1.54) is 7.11 Å². The maximum absolute atomic E-state index is 14.4. The molecular formula is C47H28BrClF13N5O13. The first-order valence-electron chi connectivity index (χ1n) is 20.8. The van der Waals surface area contributed by atoms with E-state index in [0.717, 1.165) is 112 Å². The maximum Gasteiger partial charge on any atom is 0.573 e. The van der Waals surface area contributed by atoms with E-state index in [0.29, 0.717) is 6.20 Å². The number of carboxylic acids is 1. The summed E-state index contributed by atoms with van der Waals surface area (Å²) in [5.74, 6) is -10.3. The van der Waals surface area contributed by atoms with Crippen molar-refractivity contribution in [3.8, 4) is 69.0 Å². The Hall–Kier alpha value is -9.07. The summed E-state index contributed by atoms with van der Waals surface area (Å²) in [6.07, 6.45) is -9.49. The first kappa shape index (κ1) is 61.8. The van der Waals surface area contributed by atoms with Gasteiger partial charge < -0.3 is 53.1 Å². The summed E-state index contributed by atoms with van der Waals surface area (Å²) in [6.45, 7) is 0. The number of nitrogens with one attached hydrogen (secondary N) is 1. The van der Waals surface area contributed by atoms with E-state index in [-0.39, 0.29) is 56.4 Å². The summed E-state index contributed by atoms with van der Waals surface area (Å²) in [4.78, 5) is 49.3. The Bertz CT molecular complexity index is 3250. The van der Waals surface area contributed by atoms with Crippen molar-refractivity contribution in [2.45, 2.75) is 19.1 Å². The van der Waals surface area contributed by atoms with E-state index in [2.05, 4.69) is 55.4 Å². The summed E-state index contributed by atoms with van der Waals surface area (Å²) in [5.41, 5.74) is -1.92. The number of benzene rings is 3. The van der Waals surface area contributed by atoms with Crippen LogP contribution in [-0.4, -0.2) is 82.6 Å². The van der Waals surface area contributed by atoms with Crippen molar-refractivity contribution in [2.24, 2.45) is 0 Å². The summed E-state index contributed by atoms with van der Waals surface area (Å²) in [6, 6.07) is 10.9. The third-order valence-corrected chi connectivity index (χ3v) is 9.79. The number of aromatic nitrogens is 4. The lowest BCUT2D eigenvalue weighted by atomic mass is 10.2. The lowest BCUT2D eigenvalue weighted by Crippen LogP contribution is -2.17. The third kappa shape index (κ3) is 17.7. The minimum atomic E-state index is -4.92. The number of carbonyl (C=O) groups is 3. The van der Waals surface area contributed by atoms with Crippen molar-refractivity contribution < 1.29 is 119 Å². The Labute approximate surface area is 451 Å². The Balaban J connectivity index is 0.000000224. The smallest absolute Gasteiger partial charge is 0.493 e. The highest BCUT2D eigenvalue weighted by Gasteiger charge is 2.34. The van der Waals surface area contributed by atoms with Gasteiger partial charge in [-0.2, -0.15) is 0 Å². The Kier molecular flexibility index (Phi) is 20.5. The molecule has 0 unspecified atom stereocenters. The van der Waals surface area contributed by atoms with Gasteiger partial charge >= 0.3 is 25.1 Å². The van der Waals surface area contributed by atoms with Crippen LogP contribution in [0.4, 0.5) is 62.9 Å². The van der Waals surface area contributed by atoms with Crippen molar-refractivity contribution in [1.29, 1.82) is 0 Å². The van der Waals surface area contributed by atoms with Crippen molar-refractivity contribution in [2.75, 3.05) is 26.6 Å². The van der Waals surface area contributed by atoms with Crippen molar-refractivity contribution in [3.05, 3.63) is 148 Å². The number of methoxy groups -OCH3 is 3. The summed E-state index contributed by atoms with van der Waals surface area (Å²) in [7, 11) is 3.49. The lowest BCUT2D eigenvalue weighted by molar-refractivity contribution is -0.275. The van der Waals surface area contributed by atoms with Gasteiger partial charge in [-0.25, -0.2) is 27.3 Å². The Morgan fingerprint density at radius 3 is 1.18 bits per heavy atom. The van der Waals surface area contributed by atoms with E-state index in [4.69, 9.17) is 45.1 Å². The first-order chi connectivity index (χ1) is 37.5. The second-order valence-corrected chi connectivity index (χ2v) is 15.5. The lowest BCUT2D eigenvalue weighted by Gasteiger charge is -2.15. The molecule has 1 amide bonds. The molecule has 80 heavy (non-hydrogen) atoms. The maximum atomic E-state index is 14.4. The molecule has 0 radical (unpaired) electrons. The number of amides is 1. The van der Waals surface area contributed by atoms with Crippen molar-refractivity contribution in [1.82, 2.24) is 19.9 Å². The third-order valence-electron chi connectivity index (χ3n) is 9.04. The number of anilines is 1. The number of hydrogen-bond acceptors (Lipinski definition) is 16. The number of alkyl halides is 9. The minimum Gasteiger partial charge on any atom is -0.493 e. The molecule has 4 aromatic heterocycles. The molecule has 0 aliphatic rings. The highest BCUT2D eigenvalue weighted by atomic mass is 79.9. The van der Waals surface area contributed by atoms with Gasteiger partial charge in [0.2, 0.25) is 0 Å². The van der Waals surface area contributed by atoms with Crippen LogP contribution < -0.4 is 47.9 Å². The van der Waals surface area contributed by atoms with Crippen LogP contribution in [0.15, 0.2) is 109 Å². The number of pyridine rings is 4. The molecule has 0 aliphatic carbocycles. The fraction of sp³-hybridized carbons (Fsp3) is 0.128. The molecule has 3 aromatic carbocycles. The van der Waals surface area contributed by atoms with E-state index in [1.807, 2.05) is 0 Å². The first-order valence-corrected chi connectivity index (χ1v) is 22.0. The van der Waals surface area contributed by atoms with Gasteiger partial charge in [-0.15, -0.1) is 39.5 Å². The van der Waals surface area contributed by atoms with Crippen LogP contribution in [0.2, 0.25) is 0 Å². The van der Waals surface area contributed by atoms with Crippen LogP contribution in [0, 0.1) is 23.3 Å². The summed E-state index contributed by atoms with van der Waals surface area (Å²) in [5, 5.41) is 10.2. The monoisotopic (exact) mass is 1230 g/mol. The van der Waals surface area contributed by atoms with Gasteiger partial charge in [0.15, 0.2) is 75.0 Å². The molecule has 18 nitrogen and oxygen atoms in total. The summed E-state index contributed by atoms with van der Waals surface area (Å²) < 4.78 is 207. The van der Waals surface area contributed by atoms with Gasteiger partial charge in [-0.1, -0.05) is 0 Å². The van der Waals surface area contributed by atoms with Crippen LogP contribution in [0.3, 0.4) is 0 Å². The molecule has 7 aromatic rings. The number of nitrogens with zero attached hydrogens (tertiary/aromatic N) is 4. The Morgan fingerprint density at radius 2 is 0.838 bits per heavy atom. The highest BCUT2D eigenvalue weighted by molar-refractivity contribution is 9.10. The van der Waals surface area contributed by atoms with Crippen molar-refractivity contribution >= 4 is 50.5 Å². The number of rotatable bonds is 16. The second kappa shape index (κ2) is 26.5. The van der Waals surface area contributed by atoms with Gasteiger partial charge in [-0.3, -0.25) is 24.5 Å². The quantitative estimate of drug-likeness (QED) is 0.0522. The molecule has 0 bridgehead atoms. The summed E-state index contributed by atoms with van der Waals surface area (Å²) >= 11 is 8.15. The van der Waals surface area contributed by atoms with Gasteiger partial charge in [0.25, 0.3) is 11.1 Å². The fourth-order valence-corrected chi connectivity index (χ4v) is 6.42. The number of carboxylic acid groups (broad SMARTS) is 1. The zero-order chi connectivity index (χ0) is 59.3. The molecule has 0 spiro atoms. The number of hydrogen-bond donors (Lipinski definition) is 2. The number of aromatic carboxylic acids is 1. The predicted molar refractivity (Wildman–Crippen MR) is 249 cm³/mol. The van der Waals surface area contributed by atoms with Crippen molar-refractivity contribution in [3.63, 3.8) is 0 Å². The van der Waals surface area contributed by atoms with Crippen LogP contribution in [0.5, 0.6) is 69.0 Å². The standard InChI is InChI=1S/C19H11BrF5N3O4.C14H8ClF4NO4.C14H9F4NO5/c1-30-13-6-9(32-19(23,24)25)2-4-12(13)31-14-8-26-7-11(22)16(14)18(29)28-15-5-3-10(21)17(20)27-15;1-22-10-4-7(24-14(17,18)19)2-3-9(10)23-11-6-20-5-8(16)12(11)13(15)21;1-22-10-4-7(24-14(16,17)18)2-3-9(10)23-11-6-19-5-8(15)12(11)13(20)21/h2-8H,1H3,(H,27,28,29);2-6H,1H3;2-6H,1H3,(H,20,21). The molecular weight excluding hydrogens is 1200 g/mol. The molecule has 0 atom stereocenters. The number of halogens is 15. The van der Waals surface area contributed by atoms with Gasteiger partial charge in [0.05, 0.1) is 58.5 Å². The zero-order valence-corrected chi connectivity index (χ0v) is 42.0. The zero-order valence-electron chi connectivity index (χ0n) is 39.6. The molecule has 7 rings (SSSR count). The molecule has 0 fully saturated rings. The Morgan fingerprint density at radius 1 is 0.487 bits per heavy atom. The highest BCUT2D eigenvalue weighted by Crippen LogP contribution is 2.41. The average Bonchev–Trinajstić information content (AvgIpc) is 3.35. The average molecular weight is 1230 g/mol. The van der Waals surface area contributed by atoms with Crippen LogP contribution in [0.25, 0.3) is 0 Å². The van der Waals surface area contributed by atoms with E-state index >= 15 is 0 Å². The molecule has 0 saturated heterocycles. The normalized spacial score (nSPS) is 11.1. The second-order valence-electron chi connectivity index (χ2n) is 14.4. The molecule has 0 aliphatic heterocycles. The van der Waals surface area contributed by atoms with Crippen LogP contribution in [0.1, 0.15) is 31.1 Å². The number of carbonyl (C=O) groups excluding carboxylic acids is 2. The molecule has 33 heteroatoms. The van der Waals surface area contributed by atoms with Crippen LogP contribution in [-0.2, 0) is 0 Å². The number of ether oxygens (including phenoxy) is 9. The molecule has 2 N–H and O–H groups in total. The molecule has 424 valence electrons. The van der Waals surface area contributed by atoms with E-state index < -0.39 is 99.2 Å². The van der Waals surface area contributed by atoms with Crippen LogP contribution >= 0.6 is 27.5 Å². The van der Waals surface area contributed by atoms with E-state index in [9.17, 15) is 71.5 Å². The predicted octanol–water partition coefficient (Wildman–Crippen LogP) is 13.4. The van der Waals surface area contributed by atoms with Gasteiger partial charge in [0.1, 0.15) is 44.4 Å².